The van der Waals surface area contributed by atoms with Crippen LogP contribution < -0.4 is 4.74 Å². The molecule has 0 spiro atoms. The van der Waals surface area contributed by atoms with E-state index in [0.29, 0.717) is 24.7 Å². The Balaban J connectivity index is 1.80. The molecule has 0 radical (unpaired) electrons. The maximum atomic E-state index is 11.7. The molecule has 5 nitrogen and oxygen atoms in total. The first kappa shape index (κ1) is 17.3. The van der Waals surface area contributed by atoms with Crippen molar-refractivity contribution < 1.29 is 19.4 Å². The van der Waals surface area contributed by atoms with E-state index in [1.54, 1.807) is 11.0 Å². The van der Waals surface area contributed by atoms with Crippen LogP contribution in [0.4, 0.5) is 0 Å². The van der Waals surface area contributed by atoms with Crippen molar-refractivity contribution in [2.24, 2.45) is 5.92 Å². The van der Waals surface area contributed by atoms with E-state index in [1.807, 2.05) is 19.1 Å². The number of halogens is 1. The van der Waals surface area contributed by atoms with Crippen molar-refractivity contribution in [3.63, 3.8) is 0 Å². The van der Waals surface area contributed by atoms with Gasteiger partial charge in [-0.3, -0.25) is 9.59 Å². The SMILES string of the molecule is C=C(C)c1cc(Cl)ccc1OCC1CN(C(=O)CCC(=O)O)C1. The fraction of sp³-hybridized carbons (Fsp3) is 0.412. The Hall–Kier alpha value is -2.01. The Morgan fingerprint density at radius 1 is 1.39 bits per heavy atom. The van der Waals surface area contributed by atoms with E-state index in [1.165, 1.54) is 0 Å². The lowest BCUT2D eigenvalue weighted by Crippen LogP contribution is -2.52. The van der Waals surface area contributed by atoms with Crippen LogP contribution in [-0.4, -0.2) is 41.6 Å². The predicted molar refractivity (Wildman–Crippen MR) is 88.6 cm³/mol. The van der Waals surface area contributed by atoms with Gasteiger partial charge in [0.15, 0.2) is 0 Å². The molecular weight excluding hydrogens is 318 g/mol. The number of amides is 1. The molecule has 1 fully saturated rings. The average Bonchev–Trinajstić information content (AvgIpc) is 2.44. The second kappa shape index (κ2) is 7.51. The maximum absolute atomic E-state index is 11.7. The van der Waals surface area contributed by atoms with Crippen LogP contribution in [0, 0.1) is 5.92 Å². The summed E-state index contributed by atoms with van der Waals surface area (Å²) in [6.45, 7) is 7.53. The zero-order valence-electron chi connectivity index (χ0n) is 13.0. The lowest BCUT2D eigenvalue weighted by atomic mass is 10.0. The maximum Gasteiger partial charge on any atom is 0.303 e. The first-order valence-corrected chi connectivity index (χ1v) is 7.82. The van der Waals surface area contributed by atoms with Gasteiger partial charge in [0, 0.05) is 36.0 Å². The molecule has 6 heteroatoms. The number of nitrogens with zero attached hydrogens (tertiary/aromatic N) is 1. The molecule has 1 heterocycles. The Morgan fingerprint density at radius 2 is 2.09 bits per heavy atom. The van der Waals surface area contributed by atoms with Crippen molar-refractivity contribution in [3.05, 3.63) is 35.4 Å². The third-order valence-electron chi connectivity index (χ3n) is 3.74. The summed E-state index contributed by atoms with van der Waals surface area (Å²) < 4.78 is 5.83. The summed E-state index contributed by atoms with van der Waals surface area (Å²) in [5.41, 5.74) is 1.76. The number of benzene rings is 1. The summed E-state index contributed by atoms with van der Waals surface area (Å²) in [7, 11) is 0. The fourth-order valence-corrected chi connectivity index (χ4v) is 2.59. The summed E-state index contributed by atoms with van der Waals surface area (Å²) in [4.78, 5) is 23.9. The number of likely N-dealkylation sites (tertiary alicyclic amines) is 1. The molecule has 1 amide bonds. The van der Waals surface area contributed by atoms with Gasteiger partial charge in [0.2, 0.25) is 5.91 Å². The molecule has 1 aromatic carbocycles. The molecule has 0 atom stereocenters. The minimum Gasteiger partial charge on any atom is -0.493 e. The molecule has 1 saturated heterocycles. The molecule has 124 valence electrons. The number of allylic oxidation sites excluding steroid dienone is 1. The Labute approximate surface area is 140 Å². The van der Waals surface area contributed by atoms with Gasteiger partial charge in [-0.15, -0.1) is 0 Å². The number of hydrogen-bond acceptors (Lipinski definition) is 3. The van der Waals surface area contributed by atoms with E-state index in [4.69, 9.17) is 21.4 Å². The first-order valence-electron chi connectivity index (χ1n) is 7.44. The van der Waals surface area contributed by atoms with Gasteiger partial charge in [-0.2, -0.15) is 0 Å². The fourth-order valence-electron chi connectivity index (χ4n) is 2.42. The van der Waals surface area contributed by atoms with E-state index < -0.39 is 5.97 Å². The molecule has 23 heavy (non-hydrogen) atoms. The van der Waals surface area contributed by atoms with E-state index in [9.17, 15) is 9.59 Å². The Bertz CT molecular complexity index is 623. The lowest BCUT2D eigenvalue weighted by Gasteiger charge is -2.39. The van der Waals surface area contributed by atoms with Crippen LogP contribution in [0.3, 0.4) is 0 Å². The highest BCUT2D eigenvalue weighted by atomic mass is 35.5. The molecule has 1 N–H and O–H groups in total. The van der Waals surface area contributed by atoms with Crippen LogP contribution in [0.2, 0.25) is 5.02 Å². The number of ether oxygens (including phenoxy) is 1. The predicted octanol–water partition coefficient (Wildman–Crippen LogP) is 3.08. The minimum atomic E-state index is -0.950. The molecular formula is C17H20ClNO4. The normalized spacial score (nSPS) is 14.3. The van der Waals surface area contributed by atoms with E-state index in [-0.39, 0.29) is 24.7 Å². The standard InChI is InChI=1S/C17H20ClNO4/c1-11(2)14-7-13(18)3-4-15(14)23-10-12-8-19(9-12)16(20)5-6-17(21)22/h3-4,7,12H,1,5-6,8-10H2,2H3,(H,21,22). The topological polar surface area (TPSA) is 66.8 Å². The number of carboxylic acids is 1. The van der Waals surface area contributed by atoms with Crippen LogP contribution >= 0.6 is 11.6 Å². The van der Waals surface area contributed by atoms with Gasteiger partial charge >= 0.3 is 5.97 Å². The largest absolute Gasteiger partial charge is 0.493 e. The molecule has 2 rings (SSSR count). The quantitative estimate of drug-likeness (QED) is 0.830. The molecule has 1 aliphatic rings. The smallest absolute Gasteiger partial charge is 0.303 e. The van der Waals surface area contributed by atoms with Gasteiger partial charge in [0.05, 0.1) is 13.0 Å². The highest BCUT2D eigenvalue weighted by Gasteiger charge is 2.31. The van der Waals surface area contributed by atoms with Crippen LogP contribution in [0.1, 0.15) is 25.3 Å². The van der Waals surface area contributed by atoms with Crippen LogP contribution in [0.5, 0.6) is 5.75 Å². The summed E-state index contributed by atoms with van der Waals surface area (Å²) in [6, 6.07) is 5.41. The van der Waals surface area contributed by atoms with Crippen molar-refractivity contribution in [2.75, 3.05) is 19.7 Å². The molecule has 0 bridgehead atoms. The highest BCUT2D eigenvalue weighted by Crippen LogP contribution is 2.29. The zero-order chi connectivity index (χ0) is 17.0. The Kier molecular flexibility index (Phi) is 5.66. The third kappa shape index (κ3) is 4.73. The van der Waals surface area contributed by atoms with Crippen molar-refractivity contribution in [2.45, 2.75) is 19.8 Å². The van der Waals surface area contributed by atoms with Gasteiger partial charge in [-0.05, 0) is 30.7 Å². The van der Waals surface area contributed by atoms with E-state index in [2.05, 4.69) is 6.58 Å². The molecule has 0 unspecified atom stereocenters. The van der Waals surface area contributed by atoms with Crippen LogP contribution in [0.25, 0.3) is 5.57 Å². The summed E-state index contributed by atoms with van der Waals surface area (Å²) in [5.74, 6) is -0.0680. The van der Waals surface area contributed by atoms with Crippen molar-refractivity contribution in [3.8, 4) is 5.75 Å². The molecule has 0 aliphatic carbocycles. The third-order valence-corrected chi connectivity index (χ3v) is 3.97. The second-order valence-electron chi connectivity index (χ2n) is 5.79. The summed E-state index contributed by atoms with van der Waals surface area (Å²) in [5, 5.41) is 9.21. The number of hydrogen-bond donors (Lipinski definition) is 1. The van der Waals surface area contributed by atoms with Gasteiger partial charge in [0.1, 0.15) is 5.75 Å². The molecule has 1 aliphatic heterocycles. The van der Waals surface area contributed by atoms with E-state index in [0.717, 1.165) is 16.9 Å². The number of carbonyl (C=O) groups excluding carboxylic acids is 1. The van der Waals surface area contributed by atoms with Crippen molar-refractivity contribution >= 4 is 29.1 Å². The van der Waals surface area contributed by atoms with E-state index >= 15 is 0 Å². The average molecular weight is 338 g/mol. The van der Waals surface area contributed by atoms with Gasteiger partial charge in [-0.1, -0.05) is 18.2 Å². The minimum absolute atomic E-state index is 0.0555. The molecule has 0 saturated carbocycles. The van der Waals surface area contributed by atoms with Crippen molar-refractivity contribution in [1.82, 2.24) is 4.90 Å². The van der Waals surface area contributed by atoms with Crippen LogP contribution in [0.15, 0.2) is 24.8 Å². The number of aliphatic carboxylic acids is 1. The summed E-state index contributed by atoms with van der Waals surface area (Å²) in [6.07, 6.45) is -0.0663. The monoisotopic (exact) mass is 337 g/mol. The van der Waals surface area contributed by atoms with Crippen molar-refractivity contribution in [1.29, 1.82) is 0 Å². The van der Waals surface area contributed by atoms with Gasteiger partial charge in [0.25, 0.3) is 0 Å². The van der Waals surface area contributed by atoms with Gasteiger partial charge in [-0.25, -0.2) is 0 Å². The van der Waals surface area contributed by atoms with Gasteiger partial charge < -0.3 is 14.7 Å². The summed E-state index contributed by atoms with van der Waals surface area (Å²) >= 11 is 5.99. The Morgan fingerprint density at radius 3 is 2.70 bits per heavy atom. The second-order valence-corrected chi connectivity index (χ2v) is 6.23. The molecule has 1 aromatic rings. The highest BCUT2D eigenvalue weighted by molar-refractivity contribution is 6.30. The lowest BCUT2D eigenvalue weighted by molar-refractivity contribution is -0.143. The van der Waals surface area contributed by atoms with Crippen LogP contribution in [-0.2, 0) is 9.59 Å². The molecule has 0 aromatic heterocycles. The number of carbonyl (C=O) groups is 2. The zero-order valence-corrected chi connectivity index (χ0v) is 13.8. The first-order chi connectivity index (χ1) is 10.9. The number of rotatable bonds is 7. The number of carboxylic acid groups (broad SMARTS) is 1.